The van der Waals surface area contributed by atoms with Crippen LogP contribution in [0.15, 0.2) is 59.0 Å². The van der Waals surface area contributed by atoms with E-state index in [1.165, 1.54) is 18.2 Å². The largest absolute Gasteiger partial charge is 0.451 e. The summed E-state index contributed by atoms with van der Waals surface area (Å²) in [5.41, 5.74) is 1.97. The summed E-state index contributed by atoms with van der Waals surface area (Å²) in [7, 11) is 0. The van der Waals surface area contributed by atoms with Crippen LogP contribution >= 0.6 is 23.8 Å². The molecule has 1 fully saturated rings. The van der Waals surface area contributed by atoms with Crippen LogP contribution in [0.3, 0.4) is 0 Å². The summed E-state index contributed by atoms with van der Waals surface area (Å²) in [6.07, 6.45) is 0. The second-order valence-electron chi connectivity index (χ2n) is 7.14. The number of nitro benzene ring substituents is 1. The number of hydrogen-bond donors (Lipinski definition) is 2. The van der Waals surface area contributed by atoms with Gasteiger partial charge in [0, 0.05) is 35.8 Å². The molecule has 4 rings (SSSR count). The van der Waals surface area contributed by atoms with Crippen LogP contribution in [0, 0.1) is 10.1 Å². The van der Waals surface area contributed by atoms with Crippen molar-refractivity contribution in [2.75, 3.05) is 36.5 Å². The van der Waals surface area contributed by atoms with Crippen molar-refractivity contribution in [3.8, 4) is 11.3 Å². The summed E-state index contributed by atoms with van der Waals surface area (Å²) in [5.74, 6) is -0.216. The Morgan fingerprint density at radius 2 is 1.91 bits per heavy atom. The van der Waals surface area contributed by atoms with E-state index >= 15 is 0 Å². The summed E-state index contributed by atoms with van der Waals surface area (Å²) < 4.78 is 11.0. The molecule has 170 valence electrons. The summed E-state index contributed by atoms with van der Waals surface area (Å²) in [4.78, 5) is 25.3. The smallest absolute Gasteiger partial charge is 0.293 e. The number of carbonyl (C=O) groups is 1. The number of furan rings is 1. The minimum absolute atomic E-state index is 0.0140. The first-order valence-electron chi connectivity index (χ1n) is 10.00. The molecule has 0 radical (unpaired) electrons. The standard InChI is InChI=1S/C22H19ClN4O5S/c23-15-4-5-18(26-8-10-31-11-9-26)17(13-15)24-22(33)25-21(28)20-7-6-19(32-20)14-2-1-3-16(12-14)27(29)30/h1-7,12-13H,8-11H2,(H2,24,25,28,33). The number of hydrogen-bond acceptors (Lipinski definition) is 7. The first-order chi connectivity index (χ1) is 15.9. The molecule has 1 aliphatic rings. The van der Waals surface area contributed by atoms with Crippen LogP contribution in [0.25, 0.3) is 11.3 Å². The van der Waals surface area contributed by atoms with Gasteiger partial charge in [-0.15, -0.1) is 0 Å². The molecular formula is C22H19ClN4O5S. The Labute approximate surface area is 199 Å². The molecule has 9 nitrogen and oxygen atoms in total. The lowest BCUT2D eigenvalue weighted by Gasteiger charge is -2.30. The van der Waals surface area contributed by atoms with Gasteiger partial charge in [-0.1, -0.05) is 23.7 Å². The van der Waals surface area contributed by atoms with Crippen molar-refractivity contribution in [3.05, 3.63) is 75.5 Å². The molecule has 0 atom stereocenters. The minimum atomic E-state index is -0.556. The Morgan fingerprint density at radius 3 is 2.67 bits per heavy atom. The fourth-order valence-electron chi connectivity index (χ4n) is 3.39. The number of halogens is 1. The van der Waals surface area contributed by atoms with Crippen molar-refractivity contribution < 1.29 is 18.9 Å². The molecule has 0 saturated carbocycles. The summed E-state index contributed by atoms with van der Waals surface area (Å²) in [5, 5.41) is 17.2. The van der Waals surface area contributed by atoms with E-state index in [-0.39, 0.29) is 16.6 Å². The van der Waals surface area contributed by atoms with E-state index in [0.29, 0.717) is 35.2 Å². The van der Waals surface area contributed by atoms with Crippen molar-refractivity contribution in [1.82, 2.24) is 5.32 Å². The zero-order valence-corrected chi connectivity index (χ0v) is 18.8. The highest BCUT2D eigenvalue weighted by Crippen LogP contribution is 2.30. The quantitative estimate of drug-likeness (QED) is 0.309. The highest BCUT2D eigenvalue weighted by atomic mass is 35.5. The molecule has 1 aliphatic heterocycles. The van der Waals surface area contributed by atoms with Crippen molar-refractivity contribution in [2.45, 2.75) is 0 Å². The number of carbonyl (C=O) groups excluding carboxylic acids is 1. The van der Waals surface area contributed by atoms with E-state index < -0.39 is 10.8 Å². The summed E-state index contributed by atoms with van der Waals surface area (Å²) in [6, 6.07) is 14.4. The molecule has 2 N–H and O–H groups in total. The number of non-ortho nitro benzene ring substituents is 1. The minimum Gasteiger partial charge on any atom is -0.451 e. The lowest BCUT2D eigenvalue weighted by molar-refractivity contribution is -0.384. The summed E-state index contributed by atoms with van der Waals surface area (Å²) in [6.45, 7) is 2.69. The number of thiocarbonyl (C=S) groups is 1. The molecule has 33 heavy (non-hydrogen) atoms. The maximum atomic E-state index is 12.6. The van der Waals surface area contributed by atoms with Crippen LogP contribution in [0.2, 0.25) is 5.02 Å². The molecule has 3 aromatic rings. The Balaban J connectivity index is 1.45. The number of nitrogens with zero attached hydrogens (tertiary/aromatic N) is 2. The third-order valence-corrected chi connectivity index (χ3v) is 5.40. The van der Waals surface area contributed by atoms with Gasteiger partial charge in [-0.3, -0.25) is 20.2 Å². The fraction of sp³-hybridized carbons (Fsp3) is 0.182. The number of morpholine rings is 1. The van der Waals surface area contributed by atoms with E-state index in [0.717, 1.165) is 18.8 Å². The first kappa shape index (κ1) is 22.7. The van der Waals surface area contributed by atoms with Gasteiger partial charge in [0.2, 0.25) is 0 Å². The number of rotatable bonds is 5. The lowest BCUT2D eigenvalue weighted by Crippen LogP contribution is -2.38. The highest BCUT2D eigenvalue weighted by molar-refractivity contribution is 7.80. The van der Waals surface area contributed by atoms with Gasteiger partial charge in [0.1, 0.15) is 5.76 Å². The zero-order chi connectivity index (χ0) is 23.4. The van der Waals surface area contributed by atoms with Crippen LogP contribution < -0.4 is 15.5 Å². The second kappa shape index (κ2) is 9.99. The predicted octanol–water partition coefficient (Wildman–Crippen LogP) is 4.47. The number of amides is 1. The number of nitrogens with one attached hydrogen (secondary N) is 2. The fourth-order valence-corrected chi connectivity index (χ4v) is 3.77. The van der Waals surface area contributed by atoms with E-state index in [1.54, 1.807) is 30.3 Å². The Bertz CT molecular complexity index is 1210. The van der Waals surface area contributed by atoms with Crippen molar-refractivity contribution in [3.63, 3.8) is 0 Å². The van der Waals surface area contributed by atoms with Gasteiger partial charge < -0.3 is 19.4 Å². The molecule has 2 aromatic carbocycles. The third kappa shape index (κ3) is 5.48. The average Bonchev–Trinajstić information content (AvgIpc) is 3.30. The van der Waals surface area contributed by atoms with Gasteiger partial charge in [0.25, 0.3) is 11.6 Å². The SMILES string of the molecule is O=C(NC(=S)Nc1cc(Cl)ccc1N1CCOCC1)c1ccc(-c2cccc([N+](=O)[O-])c2)o1. The van der Waals surface area contributed by atoms with Crippen molar-refractivity contribution in [1.29, 1.82) is 0 Å². The van der Waals surface area contributed by atoms with Gasteiger partial charge >= 0.3 is 0 Å². The molecule has 0 bridgehead atoms. The maximum Gasteiger partial charge on any atom is 0.293 e. The van der Waals surface area contributed by atoms with Crippen molar-refractivity contribution in [2.24, 2.45) is 0 Å². The average molecular weight is 487 g/mol. The molecule has 1 aromatic heterocycles. The number of benzene rings is 2. The van der Waals surface area contributed by atoms with Gasteiger partial charge in [-0.25, -0.2) is 0 Å². The van der Waals surface area contributed by atoms with Gasteiger partial charge in [0.15, 0.2) is 10.9 Å². The highest BCUT2D eigenvalue weighted by Gasteiger charge is 2.18. The number of ether oxygens (including phenoxy) is 1. The normalized spacial score (nSPS) is 13.4. The van der Waals surface area contributed by atoms with E-state index in [4.69, 9.17) is 33.0 Å². The topological polar surface area (TPSA) is 110 Å². The van der Waals surface area contributed by atoms with E-state index in [2.05, 4.69) is 15.5 Å². The maximum absolute atomic E-state index is 12.6. The molecule has 0 spiro atoms. The van der Waals surface area contributed by atoms with E-state index in [1.807, 2.05) is 6.07 Å². The summed E-state index contributed by atoms with van der Waals surface area (Å²) >= 11 is 11.5. The van der Waals surface area contributed by atoms with Crippen LogP contribution in [0.4, 0.5) is 17.1 Å². The predicted molar refractivity (Wildman–Crippen MR) is 129 cm³/mol. The first-order valence-corrected chi connectivity index (χ1v) is 10.8. The van der Waals surface area contributed by atoms with Crippen LogP contribution in [0.5, 0.6) is 0 Å². The van der Waals surface area contributed by atoms with Crippen LogP contribution in [-0.2, 0) is 4.74 Å². The second-order valence-corrected chi connectivity index (χ2v) is 7.99. The molecule has 11 heteroatoms. The number of nitro groups is 1. The van der Waals surface area contributed by atoms with Crippen LogP contribution in [0.1, 0.15) is 10.6 Å². The molecule has 1 amide bonds. The van der Waals surface area contributed by atoms with Crippen molar-refractivity contribution >= 4 is 51.9 Å². The lowest BCUT2D eigenvalue weighted by atomic mass is 10.1. The Morgan fingerprint density at radius 1 is 1.12 bits per heavy atom. The number of anilines is 2. The van der Waals surface area contributed by atoms with E-state index in [9.17, 15) is 14.9 Å². The molecule has 0 aliphatic carbocycles. The molecular weight excluding hydrogens is 468 g/mol. The molecule has 0 unspecified atom stereocenters. The zero-order valence-electron chi connectivity index (χ0n) is 17.2. The monoisotopic (exact) mass is 486 g/mol. The van der Waals surface area contributed by atoms with Gasteiger partial charge in [0.05, 0.1) is 29.5 Å². The third-order valence-electron chi connectivity index (χ3n) is 4.96. The van der Waals surface area contributed by atoms with Gasteiger partial charge in [-0.05, 0) is 42.5 Å². The Hall–Kier alpha value is -3.47. The Kier molecular flexibility index (Phi) is 6.87. The van der Waals surface area contributed by atoms with Gasteiger partial charge in [-0.2, -0.15) is 0 Å². The van der Waals surface area contributed by atoms with Crippen LogP contribution in [-0.4, -0.2) is 42.2 Å². The molecule has 1 saturated heterocycles. The molecule has 2 heterocycles.